The second kappa shape index (κ2) is 6.13. The standard InChI is InChI=1S/C14H14FNO3/c15-11-6-4-10(5-7-11)14(18)16-9-8-12-2-1-3-13(17)19-12/h1,3-7,12H,2,8-9H2,(H,16,18)/t12-/m1/s1. The molecule has 4 nitrogen and oxygen atoms in total. The fourth-order valence-corrected chi connectivity index (χ4v) is 1.79. The number of nitrogens with one attached hydrogen (secondary N) is 1. The van der Waals surface area contributed by atoms with Gasteiger partial charge in [-0.1, -0.05) is 6.08 Å². The fourth-order valence-electron chi connectivity index (χ4n) is 1.79. The minimum atomic E-state index is -0.377. The van der Waals surface area contributed by atoms with Gasteiger partial charge in [-0.3, -0.25) is 4.79 Å². The van der Waals surface area contributed by atoms with Crippen molar-refractivity contribution in [3.63, 3.8) is 0 Å². The van der Waals surface area contributed by atoms with E-state index in [-0.39, 0.29) is 23.8 Å². The van der Waals surface area contributed by atoms with E-state index < -0.39 is 0 Å². The highest BCUT2D eigenvalue weighted by atomic mass is 19.1. The summed E-state index contributed by atoms with van der Waals surface area (Å²) >= 11 is 0. The largest absolute Gasteiger partial charge is 0.459 e. The number of amides is 1. The first-order valence-electron chi connectivity index (χ1n) is 6.06. The van der Waals surface area contributed by atoms with E-state index in [4.69, 9.17) is 4.74 Å². The quantitative estimate of drug-likeness (QED) is 0.843. The van der Waals surface area contributed by atoms with Crippen molar-refractivity contribution in [1.29, 1.82) is 0 Å². The lowest BCUT2D eigenvalue weighted by Crippen LogP contribution is -2.29. The number of carbonyl (C=O) groups is 2. The molecule has 0 bridgehead atoms. The summed E-state index contributed by atoms with van der Waals surface area (Å²) in [4.78, 5) is 22.7. The molecule has 1 aliphatic rings. The number of benzene rings is 1. The molecular weight excluding hydrogens is 249 g/mol. The van der Waals surface area contributed by atoms with Crippen molar-refractivity contribution in [1.82, 2.24) is 5.32 Å². The number of halogens is 1. The number of esters is 1. The fraction of sp³-hybridized carbons (Fsp3) is 0.286. The maximum Gasteiger partial charge on any atom is 0.330 e. The smallest absolute Gasteiger partial charge is 0.330 e. The third-order valence-electron chi connectivity index (χ3n) is 2.79. The first kappa shape index (κ1) is 13.3. The summed E-state index contributed by atoms with van der Waals surface area (Å²) in [6.45, 7) is 0.405. The van der Waals surface area contributed by atoms with Crippen molar-refractivity contribution in [2.45, 2.75) is 18.9 Å². The Labute approximate surface area is 110 Å². The molecule has 1 atom stereocenters. The van der Waals surface area contributed by atoms with Gasteiger partial charge in [0, 0.05) is 31.0 Å². The Kier molecular flexibility index (Phi) is 4.28. The van der Waals surface area contributed by atoms with Crippen LogP contribution in [0.15, 0.2) is 36.4 Å². The third kappa shape index (κ3) is 3.91. The zero-order valence-corrected chi connectivity index (χ0v) is 10.3. The normalized spacial score (nSPS) is 17.9. The van der Waals surface area contributed by atoms with Gasteiger partial charge in [-0.2, -0.15) is 0 Å². The molecule has 1 aromatic carbocycles. The zero-order valence-electron chi connectivity index (χ0n) is 10.3. The maximum atomic E-state index is 12.7. The van der Waals surface area contributed by atoms with Crippen LogP contribution in [0.1, 0.15) is 23.2 Å². The van der Waals surface area contributed by atoms with Crippen molar-refractivity contribution < 1.29 is 18.7 Å². The van der Waals surface area contributed by atoms with Crippen LogP contribution < -0.4 is 5.32 Å². The van der Waals surface area contributed by atoms with Gasteiger partial charge in [-0.25, -0.2) is 9.18 Å². The Bertz CT molecular complexity index is 496. The Hall–Kier alpha value is -2.17. The SMILES string of the molecule is O=C1C=CC[C@H](CCNC(=O)c2ccc(F)cc2)O1. The van der Waals surface area contributed by atoms with Gasteiger partial charge in [0.2, 0.25) is 0 Å². The van der Waals surface area contributed by atoms with Crippen molar-refractivity contribution in [2.75, 3.05) is 6.54 Å². The van der Waals surface area contributed by atoms with Crippen LogP contribution in [-0.2, 0) is 9.53 Å². The molecule has 0 spiro atoms. The minimum Gasteiger partial charge on any atom is -0.459 e. The summed E-state index contributed by atoms with van der Waals surface area (Å²) in [6, 6.07) is 5.33. The molecule has 19 heavy (non-hydrogen) atoms. The van der Waals surface area contributed by atoms with Crippen LogP contribution in [0.2, 0.25) is 0 Å². The van der Waals surface area contributed by atoms with Gasteiger partial charge in [-0.15, -0.1) is 0 Å². The Morgan fingerprint density at radius 3 is 2.79 bits per heavy atom. The van der Waals surface area contributed by atoms with Gasteiger partial charge in [0.05, 0.1) is 0 Å². The zero-order chi connectivity index (χ0) is 13.7. The first-order chi connectivity index (χ1) is 9.15. The molecule has 0 saturated heterocycles. The lowest BCUT2D eigenvalue weighted by atomic mass is 10.1. The number of cyclic esters (lactones) is 1. The molecule has 1 aliphatic heterocycles. The number of carbonyl (C=O) groups excluding carboxylic acids is 2. The molecular formula is C14H14FNO3. The van der Waals surface area contributed by atoms with Crippen LogP contribution in [0.3, 0.4) is 0 Å². The van der Waals surface area contributed by atoms with Crippen LogP contribution in [0, 0.1) is 5.82 Å². The third-order valence-corrected chi connectivity index (χ3v) is 2.79. The number of ether oxygens (including phenoxy) is 1. The van der Waals surface area contributed by atoms with Gasteiger partial charge in [0.1, 0.15) is 11.9 Å². The van der Waals surface area contributed by atoms with Crippen LogP contribution in [-0.4, -0.2) is 24.5 Å². The number of hydrogen-bond donors (Lipinski definition) is 1. The van der Waals surface area contributed by atoms with E-state index in [0.29, 0.717) is 24.9 Å². The second-order valence-electron chi connectivity index (χ2n) is 4.25. The molecule has 1 N–H and O–H groups in total. The van der Waals surface area contributed by atoms with Crippen LogP contribution >= 0.6 is 0 Å². The number of rotatable bonds is 4. The molecule has 5 heteroatoms. The highest BCUT2D eigenvalue weighted by Crippen LogP contribution is 2.10. The van der Waals surface area contributed by atoms with Crippen molar-refractivity contribution in [3.8, 4) is 0 Å². The summed E-state index contributed by atoms with van der Waals surface area (Å²) in [5.74, 6) is -0.990. The van der Waals surface area contributed by atoms with Gasteiger partial charge >= 0.3 is 5.97 Å². The van der Waals surface area contributed by atoms with E-state index in [9.17, 15) is 14.0 Å². The molecule has 0 saturated carbocycles. The second-order valence-corrected chi connectivity index (χ2v) is 4.25. The maximum absolute atomic E-state index is 12.7. The molecule has 1 heterocycles. The van der Waals surface area contributed by atoms with E-state index in [0.717, 1.165) is 0 Å². The summed E-state index contributed by atoms with van der Waals surface area (Å²) < 4.78 is 17.8. The van der Waals surface area contributed by atoms with Crippen LogP contribution in [0.4, 0.5) is 4.39 Å². The molecule has 0 fully saturated rings. The molecule has 0 unspecified atom stereocenters. The summed E-state index contributed by atoms with van der Waals surface area (Å²) in [7, 11) is 0. The summed E-state index contributed by atoms with van der Waals surface area (Å²) in [5, 5.41) is 2.70. The molecule has 0 radical (unpaired) electrons. The Balaban J connectivity index is 1.76. The summed E-state index contributed by atoms with van der Waals surface area (Å²) in [5.41, 5.74) is 0.405. The van der Waals surface area contributed by atoms with E-state index in [1.54, 1.807) is 6.08 Å². The van der Waals surface area contributed by atoms with Gasteiger partial charge in [0.15, 0.2) is 0 Å². The molecule has 2 rings (SSSR count). The monoisotopic (exact) mass is 263 g/mol. The minimum absolute atomic E-state index is 0.189. The van der Waals surface area contributed by atoms with Gasteiger partial charge < -0.3 is 10.1 Å². The first-order valence-corrected chi connectivity index (χ1v) is 6.06. The van der Waals surface area contributed by atoms with Crippen LogP contribution in [0.25, 0.3) is 0 Å². The molecule has 1 amide bonds. The predicted octanol–water partition coefficient (Wildman–Crippen LogP) is 1.82. The van der Waals surface area contributed by atoms with Crippen molar-refractivity contribution in [2.24, 2.45) is 0 Å². The average molecular weight is 263 g/mol. The van der Waals surface area contributed by atoms with Gasteiger partial charge in [-0.05, 0) is 24.3 Å². The number of hydrogen-bond acceptors (Lipinski definition) is 3. The van der Waals surface area contributed by atoms with Crippen molar-refractivity contribution >= 4 is 11.9 Å². The average Bonchev–Trinajstić information content (AvgIpc) is 2.39. The summed E-state index contributed by atoms with van der Waals surface area (Å²) in [6.07, 6.45) is 4.19. The van der Waals surface area contributed by atoms with E-state index >= 15 is 0 Å². The highest BCUT2D eigenvalue weighted by Gasteiger charge is 2.15. The topological polar surface area (TPSA) is 55.4 Å². The Morgan fingerprint density at radius 2 is 2.11 bits per heavy atom. The van der Waals surface area contributed by atoms with E-state index in [2.05, 4.69) is 5.32 Å². The lowest BCUT2D eigenvalue weighted by Gasteiger charge is -2.18. The molecule has 0 aromatic heterocycles. The molecule has 1 aromatic rings. The van der Waals surface area contributed by atoms with Gasteiger partial charge in [0.25, 0.3) is 5.91 Å². The van der Waals surface area contributed by atoms with Crippen molar-refractivity contribution in [3.05, 3.63) is 47.8 Å². The highest BCUT2D eigenvalue weighted by molar-refractivity contribution is 5.94. The van der Waals surface area contributed by atoms with Crippen LogP contribution in [0.5, 0.6) is 0 Å². The predicted molar refractivity (Wildman–Crippen MR) is 67.0 cm³/mol. The molecule has 100 valence electrons. The van der Waals surface area contributed by atoms with E-state index in [1.165, 1.54) is 30.3 Å². The van der Waals surface area contributed by atoms with E-state index in [1.807, 2.05) is 0 Å². The Morgan fingerprint density at radius 1 is 1.37 bits per heavy atom. The lowest BCUT2D eigenvalue weighted by molar-refractivity contribution is -0.144. The molecule has 0 aliphatic carbocycles.